The number of methoxy groups -OCH3 is 2. The maximum atomic E-state index is 11.8. The van der Waals surface area contributed by atoms with E-state index >= 15 is 0 Å². The zero-order valence-corrected chi connectivity index (χ0v) is 13.3. The topological polar surface area (TPSA) is 131 Å². The van der Waals surface area contributed by atoms with E-state index in [0.717, 1.165) is 0 Å². The van der Waals surface area contributed by atoms with E-state index in [1.54, 1.807) is 0 Å². The van der Waals surface area contributed by atoms with Gasteiger partial charge in [-0.2, -0.15) is 0 Å². The van der Waals surface area contributed by atoms with Gasteiger partial charge < -0.3 is 25.2 Å². The van der Waals surface area contributed by atoms with Crippen molar-refractivity contribution in [3.05, 3.63) is 29.3 Å². The van der Waals surface area contributed by atoms with Gasteiger partial charge >= 0.3 is 23.9 Å². The Balaban J connectivity index is 2.85. The smallest absolute Gasteiger partial charge is 0.339 e. The van der Waals surface area contributed by atoms with Gasteiger partial charge in [0.15, 0.2) is 0 Å². The zero-order valence-electron chi connectivity index (χ0n) is 13.3. The third-order valence-electron chi connectivity index (χ3n) is 2.95. The summed E-state index contributed by atoms with van der Waals surface area (Å²) in [5.41, 5.74) is 0.276. The Morgan fingerprint density at radius 3 is 2.33 bits per heavy atom. The average Bonchev–Trinajstić information content (AvgIpc) is 2.57. The molecule has 0 saturated heterocycles. The van der Waals surface area contributed by atoms with E-state index in [-0.39, 0.29) is 36.2 Å². The highest BCUT2D eigenvalue weighted by Gasteiger charge is 2.17. The number of esters is 2. The fourth-order valence-corrected chi connectivity index (χ4v) is 1.79. The molecule has 0 atom stereocenters. The monoisotopic (exact) mass is 338 g/mol. The Bertz CT molecular complexity index is 643. The summed E-state index contributed by atoms with van der Waals surface area (Å²) in [4.78, 5) is 45.5. The summed E-state index contributed by atoms with van der Waals surface area (Å²) in [6.45, 7) is 0.141. The number of nitrogens with one attached hydrogen (secondary N) is 2. The molecule has 0 bridgehead atoms. The Kier molecular flexibility index (Phi) is 7.21. The van der Waals surface area contributed by atoms with Crippen molar-refractivity contribution in [3.63, 3.8) is 0 Å². The lowest BCUT2D eigenvalue weighted by Crippen LogP contribution is -2.30. The Hall–Kier alpha value is -3.10. The quantitative estimate of drug-likeness (QED) is 0.503. The van der Waals surface area contributed by atoms with Crippen molar-refractivity contribution in [1.29, 1.82) is 0 Å². The number of carbonyl (C=O) groups excluding carboxylic acids is 3. The van der Waals surface area contributed by atoms with Crippen LogP contribution in [0.1, 0.15) is 33.6 Å². The predicted molar refractivity (Wildman–Crippen MR) is 83.0 cm³/mol. The molecule has 1 aromatic carbocycles. The number of rotatable bonds is 7. The number of benzene rings is 1. The van der Waals surface area contributed by atoms with Crippen molar-refractivity contribution < 1.29 is 33.8 Å². The highest BCUT2D eigenvalue weighted by molar-refractivity contribution is 6.03. The second-order valence-electron chi connectivity index (χ2n) is 4.62. The van der Waals surface area contributed by atoms with E-state index in [1.807, 2.05) is 0 Å². The maximum absolute atomic E-state index is 11.8. The number of carbonyl (C=O) groups is 4. The molecular weight excluding hydrogens is 320 g/mol. The number of hydrogen-bond donors (Lipinski definition) is 3. The van der Waals surface area contributed by atoms with E-state index in [2.05, 4.69) is 20.1 Å². The molecule has 0 unspecified atom stereocenters. The summed E-state index contributed by atoms with van der Waals surface area (Å²) >= 11 is 0. The SMILES string of the molecule is COC(=O)c1ccc(C(=O)OC)c(NC(=O)NCCCC(=O)O)c1. The Labute approximate surface area is 137 Å². The van der Waals surface area contributed by atoms with Gasteiger partial charge in [0.1, 0.15) is 0 Å². The Morgan fingerprint density at radius 1 is 1.08 bits per heavy atom. The second kappa shape index (κ2) is 9.13. The fourth-order valence-electron chi connectivity index (χ4n) is 1.79. The van der Waals surface area contributed by atoms with E-state index in [9.17, 15) is 19.2 Å². The maximum Gasteiger partial charge on any atom is 0.339 e. The lowest BCUT2D eigenvalue weighted by atomic mass is 10.1. The first-order chi connectivity index (χ1) is 11.4. The number of amides is 2. The molecule has 1 rings (SSSR count). The summed E-state index contributed by atoms with van der Waals surface area (Å²) in [6, 6.07) is 3.34. The minimum atomic E-state index is -0.962. The number of aliphatic carboxylic acids is 1. The number of ether oxygens (including phenoxy) is 2. The van der Waals surface area contributed by atoms with Gasteiger partial charge in [-0.1, -0.05) is 0 Å². The number of anilines is 1. The molecular formula is C15H18N2O7. The van der Waals surface area contributed by atoms with Crippen molar-refractivity contribution >= 4 is 29.6 Å². The van der Waals surface area contributed by atoms with Gasteiger partial charge in [0.05, 0.1) is 31.0 Å². The van der Waals surface area contributed by atoms with Gasteiger partial charge in [0, 0.05) is 13.0 Å². The molecule has 9 nitrogen and oxygen atoms in total. The van der Waals surface area contributed by atoms with Crippen LogP contribution in [-0.4, -0.2) is 49.8 Å². The van der Waals surface area contributed by atoms with Gasteiger partial charge in [-0.25, -0.2) is 14.4 Å². The van der Waals surface area contributed by atoms with Crippen LogP contribution in [0.25, 0.3) is 0 Å². The van der Waals surface area contributed by atoms with Crippen LogP contribution in [0.4, 0.5) is 10.5 Å². The van der Waals surface area contributed by atoms with Crippen LogP contribution in [0.15, 0.2) is 18.2 Å². The van der Waals surface area contributed by atoms with E-state index < -0.39 is 23.9 Å². The third kappa shape index (κ3) is 5.59. The van der Waals surface area contributed by atoms with Crippen LogP contribution in [0.5, 0.6) is 0 Å². The molecule has 24 heavy (non-hydrogen) atoms. The van der Waals surface area contributed by atoms with Crippen LogP contribution in [0, 0.1) is 0 Å². The standard InChI is InChI=1S/C15H18N2O7/c1-23-13(20)9-5-6-10(14(21)24-2)11(8-9)17-15(22)16-7-3-4-12(18)19/h5-6,8H,3-4,7H2,1-2H3,(H,18,19)(H2,16,17,22). The van der Waals surface area contributed by atoms with E-state index in [0.29, 0.717) is 0 Å². The number of carboxylic acids is 1. The summed E-state index contributed by atoms with van der Waals surface area (Å²) in [6.07, 6.45) is 0.181. The number of carboxylic acid groups (broad SMARTS) is 1. The van der Waals surface area contributed by atoms with Gasteiger partial charge in [-0.15, -0.1) is 0 Å². The van der Waals surface area contributed by atoms with Gasteiger partial charge in [-0.3, -0.25) is 4.79 Å². The van der Waals surface area contributed by atoms with Crippen LogP contribution in [-0.2, 0) is 14.3 Å². The first kappa shape index (κ1) is 18.9. The van der Waals surface area contributed by atoms with Crippen LogP contribution >= 0.6 is 0 Å². The summed E-state index contributed by atoms with van der Waals surface area (Å²) in [5.74, 6) is -2.28. The minimum Gasteiger partial charge on any atom is -0.481 e. The normalized spacial score (nSPS) is 9.75. The van der Waals surface area contributed by atoms with Crippen LogP contribution in [0.2, 0.25) is 0 Å². The fraction of sp³-hybridized carbons (Fsp3) is 0.333. The number of hydrogen-bond acceptors (Lipinski definition) is 6. The first-order valence-corrected chi connectivity index (χ1v) is 6.96. The summed E-state index contributed by atoms with van der Waals surface area (Å²) in [5, 5.41) is 13.4. The predicted octanol–water partition coefficient (Wildman–Crippen LogP) is 1.25. The largest absolute Gasteiger partial charge is 0.481 e. The third-order valence-corrected chi connectivity index (χ3v) is 2.95. The molecule has 0 fully saturated rings. The summed E-state index contributed by atoms with van der Waals surface area (Å²) < 4.78 is 9.20. The zero-order chi connectivity index (χ0) is 18.1. The molecule has 0 radical (unpaired) electrons. The van der Waals surface area contributed by atoms with Crippen LogP contribution in [0.3, 0.4) is 0 Å². The molecule has 0 aliphatic carbocycles. The van der Waals surface area contributed by atoms with Crippen molar-refractivity contribution in [1.82, 2.24) is 5.32 Å². The summed E-state index contributed by atoms with van der Waals surface area (Å²) in [7, 11) is 2.39. The van der Waals surface area contributed by atoms with Crippen molar-refractivity contribution in [2.75, 3.05) is 26.1 Å². The number of urea groups is 1. The lowest BCUT2D eigenvalue weighted by molar-refractivity contribution is -0.137. The molecule has 2 amide bonds. The first-order valence-electron chi connectivity index (χ1n) is 6.96. The molecule has 0 aliphatic rings. The molecule has 0 saturated carbocycles. The average molecular weight is 338 g/mol. The van der Waals surface area contributed by atoms with E-state index in [1.165, 1.54) is 32.4 Å². The molecule has 1 aromatic rings. The molecule has 0 aliphatic heterocycles. The van der Waals surface area contributed by atoms with Crippen molar-refractivity contribution in [3.8, 4) is 0 Å². The molecule has 0 heterocycles. The molecule has 3 N–H and O–H groups in total. The van der Waals surface area contributed by atoms with E-state index in [4.69, 9.17) is 5.11 Å². The van der Waals surface area contributed by atoms with Gasteiger partial charge in [-0.05, 0) is 24.6 Å². The van der Waals surface area contributed by atoms with Crippen molar-refractivity contribution in [2.24, 2.45) is 0 Å². The molecule has 9 heteroatoms. The van der Waals surface area contributed by atoms with Crippen LogP contribution < -0.4 is 10.6 Å². The molecule has 0 aromatic heterocycles. The molecule has 130 valence electrons. The minimum absolute atomic E-state index is 0.0610. The highest BCUT2D eigenvalue weighted by atomic mass is 16.5. The molecule has 0 spiro atoms. The van der Waals surface area contributed by atoms with Gasteiger partial charge in [0.2, 0.25) is 0 Å². The Morgan fingerprint density at radius 2 is 1.75 bits per heavy atom. The lowest BCUT2D eigenvalue weighted by Gasteiger charge is -2.12. The highest BCUT2D eigenvalue weighted by Crippen LogP contribution is 2.19. The van der Waals surface area contributed by atoms with Crippen molar-refractivity contribution in [2.45, 2.75) is 12.8 Å². The van der Waals surface area contributed by atoms with Gasteiger partial charge in [0.25, 0.3) is 0 Å². The second-order valence-corrected chi connectivity index (χ2v) is 4.62.